The van der Waals surface area contributed by atoms with Crippen LogP contribution in [0.15, 0.2) is 6.07 Å². The summed E-state index contributed by atoms with van der Waals surface area (Å²) in [6, 6.07) is 2.71. The fraction of sp³-hybridized carbons (Fsp3) is 0.786. The number of aryl methyl sites for hydroxylation is 2. The molecule has 0 amide bonds. The van der Waals surface area contributed by atoms with Crippen molar-refractivity contribution in [3.05, 3.63) is 17.5 Å². The number of rotatable bonds is 7. The van der Waals surface area contributed by atoms with Crippen molar-refractivity contribution in [1.82, 2.24) is 15.1 Å². The first-order chi connectivity index (χ1) is 8.20. The van der Waals surface area contributed by atoms with Gasteiger partial charge in [-0.3, -0.25) is 4.68 Å². The van der Waals surface area contributed by atoms with Gasteiger partial charge in [0.1, 0.15) is 0 Å². The SMILES string of the molecule is CCCNC(CCC1CC1)c1cc(C)nn1C. The van der Waals surface area contributed by atoms with Crippen LogP contribution in [0.3, 0.4) is 0 Å². The summed E-state index contributed by atoms with van der Waals surface area (Å²) in [4.78, 5) is 0. The zero-order valence-corrected chi connectivity index (χ0v) is 11.4. The normalized spacial score (nSPS) is 17.4. The van der Waals surface area contributed by atoms with Crippen LogP contribution in [0.2, 0.25) is 0 Å². The Bertz CT molecular complexity index is 352. The zero-order chi connectivity index (χ0) is 12.3. The summed E-state index contributed by atoms with van der Waals surface area (Å²) in [6.45, 7) is 5.39. The Morgan fingerprint density at radius 2 is 2.29 bits per heavy atom. The van der Waals surface area contributed by atoms with E-state index in [0.29, 0.717) is 6.04 Å². The van der Waals surface area contributed by atoms with Crippen molar-refractivity contribution >= 4 is 0 Å². The van der Waals surface area contributed by atoms with Gasteiger partial charge in [-0.25, -0.2) is 0 Å². The molecule has 1 aromatic heterocycles. The predicted molar refractivity (Wildman–Crippen MR) is 70.9 cm³/mol. The largest absolute Gasteiger partial charge is 0.309 e. The van der Waals surface area contributed by atoms with Crippen LogP contribution in [0.25, 0.3) is 0 Å². The zero-order valence-electron chi connectivity index (χ0n) is 11.4. The highest BCUT2D eigenvalue weighted by atomic mass is 15.3. The maximum Gasteiger partial charge on any atom is 0.0597 e. The van der Waals surface area contributed by atoms with Gasteiger partial charge in [-0.05, 0) is 44.7 Å². The van der Waals surface area contributed by atoms with Gasteiger partial charge in [-0.15, -0.1) is 0 Å². The van der Waals surface area contributed by atoms with Crippen molar-refractivity contribution in [1.29, 1.82) is 0 Å². The molecule has 1 saturated carbocycles. The van der Waals surface area contributed by atoms with Crippen LogP contribution >= 0.6 is 0 Å². The molecule has 1 aromatic rings. The lowest BCUT2D eigenvalue weighted by Crippen LogP contribution is -2.24. The van der Waals surface area contributed by atoms with Crippen LogP contribution in [0.1, 0.15) is 56.5 Å². The Balaban J connectivity index is 1.98. The van der Waals surface area contributed by atoms with E-state index in [0.717, 1.165) is 18.2 Å². The van der Waals surface area contributed by atoms with E-state index in [1.165, 1.54) is 37.8 Å². The first-order valence-corrected chi connectivity index (χ1v) is 6.94. The van der Waals surface area contributed by atoms with Crippen molar-refractivity contribution in [2.24, 2.45) is 13.0 Å². The van der Waals surface area contributed by atoms with Crippen LogP contribution in [-0.4, -0.2) is 16.3 Å². The summed E-state index contributed by atoms with van der Waals surface area (Å²) in [7, 11) is 2.06. The number of nitrogens with zero attached hydrogens (tertiary/aromatic N) is 2. The van der Waals surface area contributed by atoms with Gasteiger partial charge in [0.2, 0.25) is 0 Å². The van der Waals surface area contributed by atoms with Gasteiger partial charge in [0.05, 0.1) is 11.4 Å². The Labute approximate surface area is 105 Å². The van der Waals surface area contributed by atoms with Gasteiger partial charge in [-0.2, -0.15) is 5.10 Å². The fourth-order valence-corrected chi connectivity index (χ4v) is 2.44. The minimum atomic E-state index is 0.488. The molecule has 0 aromatic carbocycles. The lowest BCUT2D eigenvalue weighted by molar-refractivity contribution is 0.444. The maximum atomic E-state index is 4.46. The molecule has 1 fully saturated rings. The van der Waals surface area contributed by atoms with E-state index < -0.39 is 0 Å². The van der Waals surface area contributed by atoms with Crippen molar-refractivity contribution in [3.63, 3.8) is 0 Å². The average Bonchev–Trinajstić information content (AvgIpc) is 3.05. The highest BCUT2D eigenvalue weighted by Gasteiger charge is 2.24. The van der Waals surface area contributed by atoms with E-state index >= 15 is 0 Å². The van der Waals surface area contributed by atoms with Crippen molar-refractivity contribution < 1.29 is 0 Å². The lowest BCUT2D eigenvalue weighted by atomic mass is 10.0. The maximum absolute atomic E-state index is 4.46. The summed E-state index contributed by atoms with van der Waals surface area (Å²) in [5.74, 6) is 1.01. The highest BCUT2D eigenvalue weighted by molar-refractivity contribution is 5.13. The second-order valence-electron chi connectivity index (χ2n) is 5.36. The monoisotopic (exact) mass is 235 g/mol. The number of hydrogen-bond acceptors (Lipinski definition) is 2. The summed E-state index contributed by atoms with van der Waals surface area (Å²) in [5.41, 5.74) is 2.47. The third-order valence-electron chi connectivity index (χ3n) is 3.60. The Kier molecular flexibility index (Phi) is 4.21. The van der Waals surface area contributed by atoms with Crippen molar-refractivity contribution in [2.45, 2.75) is 52.0 Å². The minimum absolute atomic E-state index is 0.488. The molecule has 17 heavy (non-hydrogen) atoms. The summed E-state index contributed by atoms with van der Waals surface area (Å²) >= 11 is 0. The molecule has 0 radical (unpaired) electrons. The van der Waals surface area contributed by atoms with E-state index in [1.807, 2.05) is 4.68 Å². The van der Waals surface area contributed by atoms with E-state index in [2.05, 4.69) is 37.4 Å². The minimum Gasteiger partial charge on any atom is -0.309 e. The van der Waals surface area contributed by atoms with Crippen LogP contribution in [0.5, 0.6) is 0 Å². The topological polar surface area (TPSA) is 29.9 Å². The Morgan fingerprint density at radius 3 is 2.82 bits per heavy atom. The molecule has 3 nitrogen and oxygen atoms in total. The molecule has 96 valence electrons. The molecule has 1 N–H and O–H groups in total. The van der Waals surface area contributed by atoms with Gasteiger partial charge in [-0.1, -0.05) is 19.8 Å². The van der Waals surface area contributed by atoms with Gasteiger partial charge in [0, 0.05) is 13.1 Å². The van der Waals surface area contributed by atoms with Crippen LogP contribution < -0.4 is 5.32 Å². The molecule has 1 aliphatic carbocycles. The standard InChI is InChI=1S/C14H25N3/c1-4-9-15-13(8-7-12-5-6-12)14-10-11(2)16-17(14)3/h10,12-13,15H,4-9H2,1-3H3. The fourth-order valence-electron chi connectivity index (χ4n) is 2.44. The molecule has 0 aliphatic heterocycles. The van der Waals surface area contributed by atoms with E-state index in [-0.39, 0.29) is 0 Å². The van der Waals surface area contributed by atoms with Gasteiger partial charge >= 0.3 is 0 Å². The molecule has 0 spiro atoms. The van der Waals surface area contributed by atoms with E-state index in [9.17, 15) is 0 Å². The third-order valence-corrected chi connectivity index (χ3v) is 3.60. The van der Waals surface area contributed by atoms with E-state index in [1.54, 1.807) is 0 Å². The molecule has 0 bridgehead atoms. The smallest absolute Gasteiger partial charge is 0.0597 e. The molecule has 1 aliphatic rings. The summed E-state index contributed by atoms with van der Waals surface area (Å²) in [5, 5.41) is 8.12. The quantitative estimate of drug-likeness (QED) is 0.787. The lowest BCUT2D eigenvalue weighted by Gasteiger charge is -2.18. The molecular weight excluding hydrogens is 210 g/mol. The van der Waals surface area contributed by atoms with Gasteiger partial charge in [0.25, 0.3) is 0 Å². The van der Waals surface area contributed by atoms with Crippen LogP contribution in [-0.2, 0) is 7.05 Å². The van der Waals surface area contributed by atoms with Crippen LogP contribution in [0, 0.1) is 12.8 Å². The number of aromatic nitrogens is 2. The van der Waals surface area contributed by atoms with Crippen molar-refractivity contribution in [3.8, 4) is 0 Å². The number of nitrogens with one attached hydrogen (secondary N) is 1. The first-order valence-electron chi connectivity index (χ1n) is 6.94. The molecule has 2 rings (SSSR count). The summed E-state index contributed by atoms with van der Waals surface area (Å²) < 4.78 is 2.04. The van der Waals surface area contributed by atoms with Gasteiger partial charge < -0.3 is 5.32 Å². The molecule has 1 unspecified atom stereocenters. The van der Waals surface area contributed by atoms with Crippen molar-refractivity contribution in [2.75, 3.05) is 6.54 Å². The number of hydrogen-bond donors (Lipinski definition) is 1. The molecular formula is C14H25N3. The third kappa shape index (κ3) is 3.56. The molecule has 1 heterocycles. The Morgan fingerprint density at radius 1 is 1.53 bits per heavy atom. The Hall–Kier alpha value is -0.830. The van der Waals surface area contributed by atoms with E-state index in [4.69, 9.17) is 0 Å². The predicted octanol–water partition coefficient (Wildman–Crippen LogP) is 2.96. The average molecular weight is 235 g/mol. The molecule has 3 heteroatoms. The molecule has 1 atom stereocenters. The van der Waals surface area contributed by atoms with Gasteiger partial charge in [0.15, 0.2) is 0 Å². The molecule has 0 saturated heterocycles. The summed E-state index contributed by atoms with van der Waals surface area (Å²) in [6.07, 6.45) is 6.71. The second kappa shape index (κ2) is 5.67. The highest BCUT2D eigenvalue weighted by Crippen LogP contribution is 2.35. The second-order valence-corrected chi connectivity index (χ2v) is 5.36. The van der Waals surface area contributed by atoms with Crippen LogP contribution in [0.4, 0.5) is 0 Å². The first kappa shape index (κ1) is 12.6.